The molecule has 1 N–H and O–H groups in total. The number of alkyl halides is 2. The number of hydrogen-bond donors (Lipinski definition) is 1. The van der Waals surface area contributed by atoms with E-state index in [1.807, 2.05) is 11.4 Å². The molecule has 1 unspecified atom stereocenters. The van der Waals surface area contributed by atoms with Crippen LogP contribution < -0.4 is 5.32 Å². The molecule has 7 heteroatoms. The molecule has 1 fully saturated rings. The van der Waals surface area contributed by atoms with E-state index in [1.165, 1.54) is 0 Å². The van der Waals surface area contributed by atoms with Gasteiger partial charge >= 0.3 is 11.9 Å². The largest absolute Gasteiger partial charge is 0.456 e. The van der Waals surface area contributed by atoms with Gasteiger partial charge in [-0.1, -0.05) is 0 Å². The zero-order valence-corrected chi connectivity index (χ0v) is 11.1. The predicted molar refractivity (Wildman–Crippen MR) is 63.2 cm³/mol. The third-order valence-electron chi connectivity index (χ3n) is 2.40. The molecule has 0 spiro atoms. The molecule has 1 aliphatic heterocycles. The first-order chi connectivity index (χ1) is 7.99. The van der Waals surface area contributed by atoms with Crippen LogP contribution in [-0.4, -0.2) is 24.5 Å². The lowest BCUT2D eigenvalue weighted by atomic mass is 10.2. The van der Waals surface area contributed by atoms with Gasteiger partial charge in [-0.2, -0.15) is 8.78 Å². The van der Waals surface area contributed by atoms with E-state index in [0.29, 0.717) is 6.54 Å². The lowest BCUT2D eigenvalue weighted by Gasteiger charge is -2.09. The van der Waals surface area contributed by atoms with Gasteiger partial charge in [-0.25, -0.2) is 4.79 Å². The summed E-state index contributed by atoms with van der Waals surface area (Å²) in [6, 6.07) is 1.92. The number of ether oxygens (including phenoxy) is 1. The Morgan fingerprint density at radius 2 is 2.41 bits per heavy atom. The first-order valence-corrected chi connectivity index (χ1v) is 6.68. The molecule has 1 atom stereocenters. The van der Waals surface area contributed by atoms with Crippen molar-refractivity contribution >= 4 is 33.2 Å². The second kappa shape index (κ2) is 4.99. The molecule has 1 aliphatic rings. The van der Waals surface area contributed by atoms with E-state index in [9.17, 15) is 13.6 Å². The molecule has 17 heavy (non-hydrogen) atoms. The summed E-state index contributed by atoms with van der Waals surface area (Å²) in [5, 5.41) is 4.93. The number of carbonyl (C=O) groups is 1. The molecule has 0 bridgehead atoms. The highest BCUT2D eigenvalue weighted by Crippen LogP contribution is 2.30. The molecule has 2 heterocycles. The van der Waals surface area contributed by atoms with Gasteiger partial charge in [0.25, 0.3) is 0 Å². The maximum absolute atomic E-state index is 12.8. The molecule has 0 radical (unpaired) electrons. The lowest BCUT2D eigenvalue weighted by molar-refractivity contribution is -0.159. The number of nitrogens with one attached hydrogen (secondary N) is 1. The fourth-order valence-electron chi connectivity index (χ4n) is 1.56. The third-order valence-corrected chi connectivity index (χ3v) is 4.33. The minimum atomic E-state index is -3.32. The summed E-state index contributed by atoms with van der Waals surface area (Å²) in [5.41, 5.74) is 0. The summed E-state index contributed by atoms with van der Waals surface area (Å²) in [7, 11) is 0. The first-order valence-electron chi connectivity index (χ1n) is 5.00. The van der Waals surface area contributed by atoms with Gasteiger partial charge in [-0.05, 0) is 27.4 Å². The van der Waals surface area contributed by atoms with Crippen molar-refractivity contribution in [2.45, 2.75) is 25.0 Å². The predicted octanol–water partition coefficient (Wildman–Crippen LogP) is 2.55. The van der Waals surface area contributed by atoms with Crippen molar-refractivity contribution in [3.8, 4) is 0 Å². The topological polar surface area (TPSA) is 38.3 Å². The fraction of sp³-hybridized carbons (Fsp3) is 0.500. The van der Waals surface area contributed by atoms with Gasteiger partial charge in [-0.3, -0.25) is 0 Å². The van der Waals surface area contributed by atoms with E-state index in [1.54, 1.807) is 11.3 Å². The quantitative estimate of drug-likeness (QED) is 0.865. The molecule has 0 saturated carbocycles. The van der Waals surface area contributed by atoms with Gasteiger partial charge in [0, 0.05) is 22.4 Å². The smallest absolute Gasteiger partial charge is 0.377 e. The highest BCUT2D eigenvalue weighted by atomic mass is 79.9. The van der Waals surface area contributed by atoms with Gasteiger partial charge in [0.2, 0.25) is 0 Å². The zero-order valence-electron chi connectivity index (χ0n) is 8.71. The average molecular weight is 326 g/mol. The Hall–Kier alpha value is -0.530. The molecular formula is C10H10BrF2NO2S. The number of hydrogen-bond acceptors (Lipinski definition) is 4. The Morgan fingerprint density at radius 1 is 1.65 bits per heavy atom. The summed E-state index contributed by atoms with van der Waals surface area (Å²) in [6.45, 7) is 0.809. The van der Waals surface area contributed by atoms with Crippen LogP contribution in [0.5, 0.6) is 0 Å². The average Bonchev–Trinajstić information content (AvgIpc) is 2.73. The molecule has 3 nitrogen and oxygen atoms in total. The van der Waals surface area contributed by atoms with Crippen LogP contribution in [0.3, 0.4) is 0 Å². The molecule has 2 rings (SSSR count). The van der Waals surface area contributed by atoms with Crippen molar-refractivity contribution in [1.82, 2.24) is 5.32 Å². The maximum Gasteiger partial charge on any atom is 0.377 e. The molecule has 0 amide bonds. The van der Waals surface area contributed by atoms with Crippen LogP contribution in [0.15, 0.2) is 15.9 Å². The summed E-state index contributed by atoms with van der Waals surface area (Å²) in [5.74, 6) is -4.74. The second-order valence-corrected chi connectivity index (χ2v) is 5.61. The van der Waals surface area contributed by atoms with E-state index in [2.05, 4.69) is 26.0 Å². The van der Waals surface area contributed by atoms with Crippen LogP contribution in [0.25, 0.3) is 0 Å². The first kappa shape index (κ1) is 12.9. The highest BCUT2D eigenvalue weighted by Gasteiger charge is 2.50. The van der Waals surface area contributed by atoms with Crippen LogP contribution in [-0.2, 0) is 16.1 Å². The van der Waals surface area contributed by atoms with Crippen molar-refractivity contribution < 1.29 is 18.3 Å². The zero-order chi connectivity index (χ0) is 12.5. The number of rotatable bonds is 4. The number of cyclic esters (lactones) is 1. The maximum atomic E-state index is 12.8. The standard InChI is InChI=1S/C10H10BrF2NO2S/c11-7-1-2-17-8(7)5-14-4-6-3-10(12,13)9(15)16-6/h1-2,6,14H,3-5H2. The van der Waals surface area contributed by atoms with Crippen molar-refractivity contribution in [3.63, 3.8) is 0 Å². The molecule has 0 aromatic carbocycles. The van der Waals surface area contributed by atoms with Gasteiger partial charge in [0.15, 0.2) is 0 Å². The van der Waals surface area contributed by atoms with E-state index in [0.717, 1.165) is 9.35 Å². The Kier molecular flexibility index (Phi) is 3.79. The van der Waals surface area contributed by atoms with E-state index in [-0.39, 0.29) is 6.54 Å². The van der Waals surface area contributed by atoms with Crippen molar-refractivity contribution in [2.75, 3.05) is 6.54 Å². The number of carbonyl (C=O) groups excluding carboxylic acids is 1. The summed E-state index contributed by atoms with van der Waals surface area (Å²) in [6.07, 6.45) is -1.28. The molecule has 1 aromatic rings. The molecule has 0 aliphatic carbocycles. The van der Waals surface area contributed by atoms with Crippen molar-refractivity contribution in [1.29, 1.82) is 0 Å². The molecule has 1 saturated heterocycles. The van der Waals surface area contributed by atoms with E-state index < -0.39 is 24.4 Å². The lowest BCUT2D eigenvalue weighted by Crippen LogP contribution is -2.26. The third kappa shape index (κ3) is 3.02. The Morgan fingerprint density at radius 3 is 2.94 bits per heavy atom. The van der Waals surface area contributed by atoms with Crippen LogP contribution >= 0.6 is 27.3 Å². The Balaban J connectivity index is 1.77. The van der Waals surface area contributed by atoms with Crippen LogP contribution in [0.2, 0.25) is 0 Å². The number of esters is 1. The molecular weight excluding hydrogens is 316 g/mol. The molecule has 94 valence electrons. The Labute approximate surface area is 109 Å². The van der Waals surface area contributed by atoms with Crippen molar-refractivity contribution in [2.24, 2.45) is 0 Å². The van der Waals surface area contributed by atoms with E-state index in [4.69, 9.17) is 0 Å². The summed E-state index contributed by atoms with van der Waals surface area (Å²) in [4.78, 5) is 11.8. The van der Waals surface area contributed by atoms with Crippen molar-refractivity contribution in [3.05, 3.63) is 20.8 Å². The van der Waals surface area contributed by atoms with Gasteiger partial charge < -0.3 is 10.1 Å². The van der Waals surface area contributed by atoms with Crippen LogP contribution in [0.4, 0.5) is 8.78 Å². The summed E-state index contributed by atoms with van der Waals surface area (Å²) < 4.78 is 31.2. The monoisotopic (exact) mass is 325 g/mol. The second-order valence-electron chi connectivity index (χ2n) is 3.76. The highest BCUT2D eigenvalue weighted by molar-refractivity contribution is 9.10. The van der Waals surface area contributed by atoms with E-state index >= 15 is 0 Å². The normalized spacial score (nSPS) is 22.8. The van der Waals surface area contributed by atoms with Gasteiger partial charge in [0.1, 0.15) is 6.10 Å². The number of thiophene rings is 1. The fourth-order valence-corrected chi connectivity index (χ4v) is 3.02. The SMILES string of the molecule is O=C1OC(CNCc2sccc2Br)CC1(F)F. The number of halogens is 3. The van der Waals surface area contributed by atoms with Crippen LogP contribution in [0.1, 0.15) is 11.3 Å². The Bertz CT molecular complexity index is 424. The van der Waals surface area contributed by atoms with Crippen LogP contribution in [0, 0.1) is 0 Å². The summed E-state index contributed by atoms with van der Waals surface area (Å²) >= 11 is 4.94. The minimum absolute atomic E-state index is 0.242. The minimum Gasteiger partial charge on any atom is -0.456 e. The van der Waals surface area contributed by atoms with Gasteiger partial charge in [-0.15, -0.1) is 11.3 Å². The van der Waals surface area contributed by atoms with Gasteiger partial charge in [0.05, 0.1) is 6.42 Å². The molecule has 1 aromatic heterocycles.